The van der Waals surface area contributed by atoms with E-state index in [0.29, 0.717) is 31.9 Å². The monoisotopic (exact) mass is 355 g/mol. The first kappa shape index (κ1) is 18.7. The zero-order chi connectivity index (χ0) is 17.9. The molecule has 0 saturated carbocycles. The number of carbonyl (C=O) groups is 2. The molecular weight excluding hydrogens is 333 g/mol. The van der Waals surface area contributed by atoms with Crippen LogP contribution in [0.4, 0.5) is 10.1 Å². The molecule has 1 atom stereocenters. The average Bonchev–Trinajstić information content (AvgIpc) is 2.56. The second-order valence-electron chi connectivity index (χ2n) is 6.31. The average molecular weight is 356 g/mol. The van der Waals surface area contributed by atoms with Gasteiger partial charge in [-0.2, -0.15) is 0 Å². The fourth-order valence-electron chi connectivity index (χ4n) is 2.68. The van der Waals surface area contributed by atoms with E-state index < -0.39 is 5.82 Å². The highest BCUT2D eigenvalue weighted by Crippen LogP contribution is 2.20. The summed E-state index contributed by atoms with van der Waals surface area (Å²) in [5.41, 5.74) is 0.465. The summed E-state index contributed by atoms with van der Waals surface area (Å²) in [5, 5.41) is 2.72. The number of halogens is 2. The normalized spacial score (nSPS) is 17.0. The molecule has 24 heavy (non-hydrogen) atoms. The number of benzene rings is 1. The summed E-state index contributed by atoms with van der Waals surface area (Å²) in [6, 6.07) is 3.75. The first-order valence-electron chi connectivity index (χ1n) is 8.08. The van der Waals surface area contributed by atoms with Gasteiger partial charge in [-0.3, -0.25) is 14.5 Å². The lowest BCUT2D eigenvalue weighted by Gasteiger charge is -2.38. The minimum Gasteiger partial charge on any atom is -0.340 e. The molecule has 1 saturated heterocycles. The summed E-state index contributed by atoms with van der Waals surface area (Å²) >= 11 is 5.72. The van der Waals surface area contributed by atoms with Crippen LogP contribution in [0, 0.1) is 11.7 Å². The Morgan fingerprint density at radius 1 is 1.17 bits per heavy atom. The fourth-order valence-corrected chi connectivity index (χ4v) is 2.86. The van der Waals surface area contributed by atoms with E-state index >= 15 is 0 Å². The third kappa shape index (κ3) is 4.45. The fraction of sp³-hybridized carbons (Fsp3) is 0.529. The first-order valence-corrected chi connectivity index (χ1v) is 8.46. The molecule has 7 heteroatoms. The molecule has 0 aliphatic carbocycles. The van der Waals surface area contributed by atoms with Crippen LogP contribution in [0.5, 0.6) is 0 Å². The van der Waals surface area contributed by atoms with Gasteiger partial charge in [0.25, 0.3) is 0 Å². The molecule has 0 spiro atoms. The van der Waals surface area contributed by atoms with Crippen molar-refractivity contribution in [3.05, 3.63) is 29.0 Å². The van der Waals surface area contributed by atoms with Crippen LogP contribution >= 0.6 is 11.6 Å². The highest BCUT2D eigenvalue weighted by Gasteiger charge is 2.28. The quantitative estimate of drug-likeness (QED) is 0.903. The van der Waals surface area contributed by atoms with Crippen LogP contribution in [0.2, 0.25) is 5.02 Å². The molecule has 0 bridgehead atoms. The predicted octanol–water partition coefficient (Wildman–Crippen LogP) is 2.61. The molecule has 1 aromatic rings. The second-order valence-corrected chi connectivity index (χ2v) is 6.72. The van der Waals surface area contributed by atoms with Crippen molar-refractivity contribution in [2.75, 3.05) is 31.5 Å². The number of nitrogens with one attached hydrogen (secondary N) is 1. The molecule has 2 amide bonds. The molecule has 5 nitrogen and oxygen atoms in total. The van der Waals surface area contributed by atoms with E-state index in [9.17, 15) is 14.0 Å². The van der Waals surface area contributed by atoms with Crippen LogP contribution in [0.1, 0.15) is 20.8 Å². The molecule has 1 aliphatic heterocycles. The Hall–Kier alpha value is -1.66. The van der Waals surface area contributed by atoms with Crippen molar-refractivity contribution in [3.8, 4) is 0 Å². The Bertz CT molecular complexity index is 616. The Balaban J connectivity index is 1.90. The lowest BCUT2D eigenvalue weighted by molar-refractivity contribution is -0.136. The largest absolute Gasteiger partial charge is 0.340 e. The zero-order valence-electron chi connectivity index (χ0n) is 14.2. The third-order valence-electron chi connectivity index (χ3n) is 4.23. The van der Waals surface area contributed by atoms with Crippen LogP contribution in [-0.4, -0.2) is 53.8 Å². The van der Waals surface area contributed by atoms with Gasteiger partial charge in [0.05, 0.1) is 11.1 Å². The standard InChI is InChI=1S/C17H23ClFN3O2/c1-11(2)17(24)22-8-6-21(7-9-22)12(3)16(23)20-13-4-5-15(19)14(18)10-13/h4-5,10-12H,6-9H2,1-3H3,(H,20,23)/t12-/m1/s1. The van der Waals surface area contributed by atoms with Gasteiger partial charge in [-0.05, 0) is 25.1 Å². The van der Waals surface area contributed by atoms with Crippen molar-refractivity contribution in [2.45, 2.75) is 26.8 Å². The van der Waals surface area contributed by atoms with Crippen LogP contribution in [0.25, 0.3) is 0 Å². The first-order chi connectivity index (χ1) is 11.3. The van der Waals surface area contributed by atoms with E-state index in [1.165, 1.54) is 18.2 Å². The Labute approximate surface area is 146 Å². The van der Waals surface area contributed by atoms with Gasteiger partial charge in [0.2, 0.25) is 11.8 Å². The van der Waals surface area contributed by atoms with Gasteiger partial charge in [0.1, 0.15) is 5.82 Å². The van der Waals surface area contributed by atoms with Crippen molar-refractivity contribution in [3.63, 3.8) is 0 Å². The molecule has 1 fully saturated rings. The maximum Gasteiger partial charge on any atom is 0.241 e. The summed E-state index contributed by atoms with van der Waals surface area (Å²) in [7, 11) is 0. The van der Waals surface area contributed by atoms with E-state index in [2.05, 4.69) is 5.32 Å². The van der Waals surface area contributed by atoms with Crippen molar-refractivity contribution in [1.82, 2.24) is 9.80 Å². The smallest absolute Gasteiger partial charge is 0.241 e. The van der Waals surface area contributed by atoms with Crippen LogP contribution in [-0.2, 0) is 9.59 Å². The lowest BCUT2D eigenvalue weighted by atomic mass is 10.1. The summed E-state index contributed by atoms with van der Waals surface area (Å²) < 4.78 is 13.2. The summed E-state index contributed by atoms with van der Waals surface area (Å²) in [6.07, 6.45) is 0. The summed E-state index contributed by atoms with van der Waals surface area (Å²) in [6.45, 7) is 8.14. The number of hydrogen-bond acceptors (Lipinski definition) is 3. The summed E-state index contributed by atoms with van der Waals surface area (Å²) in [4.78, 5) is 28.2. The zero-order valence-corrected chi connectivity index (χ0v) is 14.9. The van der Waals surface area contributed by atoms with E-state index in [1.807, 2.05) is 30.6 Å². The van der Waals surface area contributed by atoms with Gasteiger partial charge in [-0.25, -0.2) is 4.39 Å². The van der Waals surface area contributed by atoms with Gasteiger partial charge in [-0.1, -0.05) is 25.4 Å². The molecule has 1 heterocycles. The minimum absolute atomic E-state index is 0.0134. The molecule has 132 valence electrons. The number of piperazine rings is 1. The van der Waals surface area contributed by atoms with Crippen LogP contribution < -0.4 is 5.32 Å². The number of carbonyl (C=O) groups excluding carboxylic acids is 2. The molecule has 0 unspecified atom stereocenters. The molecule has 1 aliphatic rings. The topological polar surface area (TPSA) is 52.7 Å². The molecule has 1 aromatic carbocycles. The van der Waals surface area contributed by atoms with Gasteiger partial charge in [0.15, 0.2) is 0 Å². The van der Waals surface area contributed by atoms with Crippen molar-refractivity contribution < 1.29 is 14.0 Å². The number of amides is 2. The Morgan fingerprint density at radius 2 is 1.79 bits per heavy atom. The number of hydrogen-bond donors (Lipinski definition) is 1. The number of nitrogens with zero attached hydrogens (tertiary/aromatic N) is 2. The van der Waals surface area contributed by atoms with Crippen molar-refractivity contribution in [1.29, 1.82) is 0 Å². The van der Waals surface area contributed by atoms with E-state index in [4.69, 9.17) is 11.6 Å². The Morgan fingerprint density at radius 3 is 2.33 bits per heavy atom. The number of rotatable bonds is 4. The lowest BCUT2D eigenvalue weighted by Crippen LogP contribution is -2.54. The molecule has 2 rings (SSSR count). The minimum atomic E-state index is -0.520. The van der Waals surface area contributed by atoms with Crippen molar-refractivity contribution >= 4 is 29.1 Å². The van der Waals surface area contributed by atoms with Crippen LogP contribution in [0.15, 0.2) is 18.2 Å². The van der Waals surface area contributed by atoms with Gasteiger partial charge in [0, 0.05) is 37.8 Å². The van der Waals surface area contributed by atoms with E-state index in [0.717, 1.165) is 0 Å². The number of anilines is 1. The molecule has 1 N–H and O–H groups in total. The van der Waals surface area contributed by atoms with Gasteiger partial charge in [-0.15, -0.1) is 0 Å². The predicted molar refractivity (Wildman–Crippen MR) is 92.5 cm³/mol. The maximum absolute atomic E-state index is 13.2. The second kappa shape index (κ2) is 7.94. The van der Waals surface area contributed by atoms with Crippen LogP contribution in [0.3, 0.4) is 0 Å². The third-order valence-corrected chi connectivity index (χ3v) is 4.52. The Kier molecular flexibility index (Phi) is 6.18. The van der Waals surface area contributed by atoms with Gasteiger partial charge < -0.3 is 10.2 Å². The maximum atomic E-state index is 13.2. The van der Waals surface area contributed by atoms with E-state index in [1.54, 1.807) is 0 Å². The molecule has 0 radical (unpaired) electrons. The molecule has 0 aromatic heterocycles. The highest BCUT2D eigenvalue weighted by atomic mass is 35.5. The summed E-state index contributed by atoms with van der Waals surface area (Å²) in [5.74, 6) is -0.567. The SMILES string of the molecule is CC(C)C(=O)N1CCN([C@H](C)C(=O)Nc2ccc(F)c(Cl)c2)CC1. The van der Waals surface area contributed by atoms with E-state index in [-0.39, 0.29) is 28.8 Å². The van der Waals surface area contributed by atoms with Gasteiger partial charge >= 0.3 is 0 Å². The highest BCUT2D eigenvalue weighted by molar-refractivity contribution is 6.31. The molecular formula is C17H23ClFN3O2. The van der Waals surface area contributed by atoms with Crippen molar-refractivity contribution in [2.24, 2.45) is 5.92 Å².